The van der Waals surface area contributed by atoms with Crippen LogP contribution in [0.1, 0.15) is 46.5 Å². The minimum absolute atomic E-state index is 0.419. The van der Waals surface area contributed by atoms with Gasteiger partial charge in [0.15, 0.2) is 0 Å². The minimum atomic E-state index is 0.419. The van der Waals surface area contributed by atoms with Gasteiger partial charge in [0, 0.05) is 6.61 Å². The van der Waals surface area contributed by atoms with Crippen molar-refractivity contribution in [1.82, 2.24) is 0 Å². The molecule has 0 aromatic rings. The molecule has 1 spiro atoms. The van der Waals surface area contributed by atoms with E-state index in [0.29, 0.717) is 23.4 Å². The third-order valence-electron chi connectivity index (χ3n) is 4.07. The lowest BCUT2D eigenvalue weighted by molar-refractivity contribution is 0.0971. The molecule has 3 unspecified atom stereocenters. The Labute approximate surface area is 81.5 Å². The Balaban J connectivity index is 2.07. The lowest BCUT2D eigenvalue weighted by Crippen LogP contribution is -2.30. The second kappa shape index (κ2) is 2.73. The van der Waals surface area contributed by atoms with Crippen LogP contribution in [0.2, 0.25) is 0 Å². The molecule has 1 heteroatoms. The van der Waals surface area contributed by atoms with Crippen LogP contribution < -0.4 is 0 Å². The molecule has 0 bridgehead atoms. The standard InChI is InChI=1S/C12H22O/c1-9-4-11(2,3)8-12(5-9)6-10(12)7-13/h9-10,13H,4-8H2,1-3H3. The summed E-state index contributed by atoms with van der Waals surface area (Å²) in [6, 6.07) is 0. The van der Waals surface area contributed by atoms with E-state index in [1.165, 1.54) is 25.7 Å². The molecule has 13 heavy (non-hydrogen) atoms. The lowest BCUT2D eigenvalue weighted by atomic mass is 9.65. The predicted octanol–water partition coefficient (Wildman–Crippen LogP) is 2.83. The quantitative estimate of drug-likeness (QED) is 0.661. The van der Waals surface area contributed by atoms with E-state index in [4.69, 9.17) is 0 Å². The Morgan fingerprint density at radius 1 is 1.23 bits per heavy atom. The largest absolute Gasteiger partial charge is 0.396 e. The van der Waals surface area contributed by atoms with Gasteiger partial charge in [-0.2, -0.15) is 0 Å². The van der Waals surface area contributed by atoms with Crippen molar-refractivity contribution in [2.45, 2.75) is 46.5 Å². The number of hydrogen-bond acceptors (Lipinski definition) is 1. The fourth-order valence-corrected chi connectivity index (χ4v) is 3.96. The van der Waals surface area contributed by atoms with Crippen LogP contribution in [0.25, 0.3) is 0 Å². The molecule has 0 aliphatic heterocycles. The van der Waals surface area contributed by atoms with E-state index in [2.05, 4.69) is 20.8 Å². The topological polar surface area (TPSA) is 20.2 Å². The molecule has 1 N–H and O–H groups in total. The summed E-state index contributed by atoms with van der Waals surface area (Å²) in [7, 11) is 0. The van der Waals surface area contributed by atoms with Crippen LogP contribution in [-0.4, -0.2) is 11.7 Å². The molecule has 0 saturated heterocycles. The summed E-state index contributed by atoms with van der Waals surface area (Å²) in [4.78, 5) is 0. The van der Waals surface area contributed by atoms with Crippen LogP contribution in [0.5, 0.6) is 0 Å². The van der Waals surface area contributed by atoms with Crippen molar-refractivity contribution in [2.75, 3.05) is 6.61 Å². The summed E-state index contributed by atoms with van der Waals surface area (Å²) in [6.45, 7) is 7.56. The lowest BCUT2D eigenvalue weighted by Gasteiger charge is -2.40. The Kier molecular flexibility index (Phi) is 1.99. The highest BCUT2D eigenvalue weighted by Crippen LogP contribution is 2.65. The molecule has 2 saturated carbocycles. The second-order valence-electron chi connectivity index (χ2n) is 6.30. The number of aliphatic hydroxyl groups excluding tert-OH is 1. The first kappa shape index (κ1) is 9.51. The van der Waals surface area contributed by atoms with Crippen LogP contribution in [0.3, 0.4) is 0 Å². The number of aliphatic hydroxyl groups is 1. The molecule has 1 nitrogen and oxygen atoms in total. The highest BCUT2D eigenvalue weighted by Gasteiger charge is 2.57. The van der Waals surface area contributed by atoms with Gasteiger partial charge in [-0.25, -0.2) is 0 Å². The van der Waals surface area contributed by atoms with Crippen LogP contribution in [-0.2, 0) is 0 Å². The zero-order valence-corrected chi connectivity index (χ0v) is 9.14. The van der Waals surface area contributed by atoms with Crippen molar-refractivity contribution in [3.63, 3.8) is 0 Å². The van der Waals surface area contributed by atoms with Crippen LogP contribution in [0.4, 0.5) is 0 Å². The summed E-state index contributed by atoms with van der Waals surface area (Å²) in [6.07, 6.45) is 5.36. The summed E-state index contributed by atoms with van der Waals surface area (Å²) in [5.41, 5.74) is 1.07. The molecule has 76 valence electrons. The number of hydrogen-bond donors (Lipinski definition) is 1. The molecule has 0 aromatic heterocycles. The van der Waals surface area contributed by atoms with Crippen molar-refractivity contribution in [3.8, 4) is 0 Å². The van der Waals surface area contributed by atoms with Gasteiger partial charge >= 0.3 is 0 Å². The first-order valence-electron chi connectivity index (χ1n) is 5.58. The highest BCUT2D eigenvalue weighted by molar-refractivity contribution is 5.07. The fraction of sp³-hybridized carbons (Fsp3) is 1.00. The maximum atomic E-state index is 9.18. The van der Waals surface area contributed by atoms with Crippen LogP contribution in [0, 0.1) is 22.7 Å². The maximum Gasteiger partial charge on any atom is 0.0464 e. The van der Waals surface area contributed by atoms with E-state index in [0.717, 1.165) is 5.92 Å². The second-order valence-corrected chi connectivity index (χ2v) is 6.30. The van der Waals surface area contributed by atoms with Crippen molar-refractivity contribution < 1.29 is 5.11 Å². The van der Waals surface area contributed by atoms with E-state index in [1.807, 2.05) is 0 Å². The monoisotopic (exact) mass is 182 g/mol. The molecule has 2 fully saturated rings. The van der Waals surface area contributed by atoms with E-state index < -0.39 is 0 Å². The Morgan fingerprint density at radius 3 is 2.38 bits per heavy atom. The van der Waals surface area contributed by atoms with E-state index in [9.17, 15) is 5.11 Å². The fourth-order valence-electron chi connectivity index (χ4n) is 3.96. The Morgan fingerprint density at radius 2 is 1.92 bits per heavy atom. The molecule has 0 amide bonds. The van der Waals surface area contributed by atoms with Gasteiger partial charge in [-0.05, 0) is 48.3 Å². The Hall–Kier alpha value is -0.0400. The van der Waals surface area contributed by atoms with Crippen molar-refractivity contribution >= 4 is 0 Å². The SMILES string of the molecule is CC1CC(C)(C)CC2(C1)CC2CO. The summed E-state index contributed by atoms with van der Waals surface area (Å²) < 4.78 is 0. The minimum Gasteiger partial charge on any atom is -0.396 e. The molecule has 2 rings (SSSR count). The normalized spacial score (nSPS) is 48.0. The molecular formula is C12H22O. The molecule has 0 aromatic carbocycles. The first-order valence-corrected chi connectivity index (χ1v) is 5.58. The number of rotatable bonds is 1. The van der Waals surface area contributed by atoms with Gasteiger partial charge < -0.3 is 5.11 Å². The van der Waals surface area contributed by atoms with E-state index in [-0.39, 0.29) is 0 Å². The van der Waals surface area contributed by atoms with Crippen molar-refractivity contribution in [1.29, 1.82) is 0 Å². The predicted molar refractivity (Wildman–Crippen MR) is 54.4 cm³/mol. The van der Waals surface area contributed by atoms with Gasteiger partial charge in [0.05, 0.1) is 0 Å². The van der Waals surface area contributed by atoms with Gasteiger partial charge in [0.25, 0.3) is 0 Å². The Bertz CT molecular complexity index is 209. The molecule has 2 aliphatic rings. The van der Waals surface area contributed by atoms with Gasteiger partial charge in [-0.1, -0.05) is 20.8 Å². The smallest absolute Gasteiger partial charge is 0.0464 e. The first-order chi connectivity index (χ1) is 5.97. The molecule has 2 aliphatic carbocycles. The molecule has 0 heterocycles. The van der Waals surface area contributed by atoms with Crippen LogP contribution in [0.15, 0.2) is 0 Å². The average Bonchev–Trinajstić information content (AvgIpc) is 2.57. The van der Waals surface area contributed by atoms with E-state index >= 15 is 0 Å². The van der Waals surface area contributed by atoms with Gasteiger partial charge in [0.2, 0.25) is 0 Å². The van der Waals surface area contributed by atoms with Gasteiger partial charge in [-0.3, -0.25) is 0 Å². The highest BCUT2D eigenvalue weighted by atomic mass is 16.3. The zero-order valence-electron chi connectivity index (χ0n) is 9.14. The van der Waals surface area contributed by atoms with Gasteiger partial charge in [0.1, 0.15) is 0 Å². The van der Waals surface area contributed by atoms with E-state index in [1.54, 1.807) is 0 Å². The third kappa shape index (κ3) is 1.63. The summed E-state index contributed by atoms with van der Waals surface area (Å²) in [5.74, 6) is 1.50. The summed E-state index contributed by atoms with van der Waals surface area (Å²) >= 11 is 0. The van der Waals surface area contributed by atoms with Crippen LogP contribution >= 0.6 is 0 Å². The third-order valence-corrected chi connectivity index (χ3v) is 4.07. The summed E-state index contributed by atoms with van der Waals surface area (Å²) in [5, 5.41) is 9.18. The maximum absolute atomic E-state index is 9.18. The molecule has 3 atom stereocenters. The van der Waals surface area contributed by atoms with Crippen molar-refractivity contribution in [3.05, 3.63) is 0 Å². The zero-order chi connectivity index (χ0) is 9.69. The molecule has 0 radical (unpaired) electrons. The average molecular weight is 182 g/mol. The molecular weight excluding hydrogens is 160 g/mol. The van der Waals surface area contributed by atoms with Gasteiger partial charge in [-0.15, -0.1) is 0 Å². The van der Waals surface area contributed by atoms with Crippen molar-refractivity contribution in [2.24, 2.45) is 22.7 Å².